The molecule has 0 saturated carbocycles. The van der Waals surface area contributed by atoms with Gasteiger partial charge in [0.15, 0.2) is 0 Å². The van der Waals surface area contributed by atoms with Crippen molar-refractivity contribution >= 4 is 0 Å². The quantitative estimate of drug-likeness (QED) is 0.540. The van der Waals surface area contributed by atoms with Crippen molar-refractivity contribution < 1.29 is 0 Å². The van der Waals surface area contributed by atoms with Gasteiger partial charge in [0.1, 0.15) is 0 Å². The summed E-state index contributed by atoms with van der Waals surface area (Å²) in [5, 5.41) is 0. The van der Waals surface area contributed by atoms with Crippen molar-refractivity contribution in [1.82, 2.24) is 0 Å². The lowest BCUT2D eigenvalue weighted by atomic mass is 9.89. The van der Waals surface area contributed by atoms with Gasteiger partial charge in [-0.25, -0.2) is 0 Å². The van der Waals surface area contributed by atoms with Gasteiger partial charge in [0.2, 0.25) is 0 Å². The minimum atomic E-state index is 0.556. The molecule has 22 heavy (non-hydrogen) atoms. The highest BCUT2D eigenvalue weighted by Crippen LogP contribution is 2.32. The SMILES string of the molecule is CC.CC.Cc1ccc(-c2ccc(C)cc2C(C)C)c(C)c1. The molecule has 2 aromatic carbocycles. The minimum absolute atomic E-state index is 0.556. The van der Waals surface area contributed by atoms with Crippen molar-refractivity contribution in [3.63, 3.8) is 0 Å². The molecule has 0 aliphatic carbocycles. The first-order valence-corrected chi connectivity index (χ1v) is 8.67. The molecule has 0 amide bonds. The molecular weight excluding hydrogens is 264 g/mol. The smallest absolute Gasteiger partial charge is 0.0146 e. The van der Waals surface area contributed by atoms with Crippen LogP contribution in [0, 0.1) is 20.8 Å². The van der Waals surface area contributed by atoms with Gasteiger partial charge in [-0.2, -0.15) is 0 Å². The summed E-state index contributed by atoms with van der Waals surface area (Å²) in [6, 6.07) is 13.5. The summed E-state index contributed by atoms with van der Waals surface area (Å²) >= 11 is 0. The molecule has 0 heteroatoms. The lowest BCUT2D eigenvalue weighted by Crippen LogP contribution is -1.95. The lowest BCUT2D eigenvalue weighted by Gasteiger charge is -2.16. The maximum Gasteiger partial charge on any atom is -0.0146 e. The van der Waals surface area contributed by atoms with Gasteiger partial charge < -0.3 is 0 Å². The summed E-state index contributed by atoms with van der Waals surface area (Å²) in [7, 11) is 0. The van der Waals surface area contributed by atoms with Crippen LogP contribution in [-0.2, 0) is 0 Å². The van der Waals surface area contributed by atoms with Crippen LogP contribution >= 0.6 is 0 Å². The highest BCUT2D eigenvalue weighted by atomic mass is 14.1. The Kier molecular flexibility index (Phi) is 9.49. The molecular formula is C22H34. The summed E-state index contributed by atoms with van der Waals surface area (Å²) < 4.78 is 0. The van der Waals surface area contributed by atoms with Crippen molar-refractivity contribution in [2.45, 2.75) is 68.2 Å². The second-order valence-electron chi connectivity index (χ2n) is 5.56. The third-order valence-corrected chi connectivity index (χ3v) is 3.50. The zero-order valence-electron chi connectivity index (χ0n) is 16.0. The molecule has 0 atom stereocenters. The Hall–Kier alpha value is -1.56. The van der Waals surface area contributed by atoms with E-state index in [-0.39, 0.29) is 0 Å². The first kappa shape index (κ1) is 20.4. The van der Waals surface area contributed by atoms with Crippen molar-refractivity contribution in [1.29, 1.82) is 0 Å². The second-order valence-corrected chi connectivity index (χ2v) is 5.56. The minimum Gasteiger partial charge on any atom is -0.0683 e. The van der Waals surface area contributed by atoms with Gasteiger partial charge in [-0.15, -0.1) is 0 Å². The molecule has 0 aromatic heterocycles. The van der Waals surface area contributed by atoms with Crippen LogP contribution < -0.4 is 0 Å². The zero-order valence-corrected chi connectivity index (χ0v) is 16.0. The van der Waals surface area contributed by atoms with Gasteiger partial charge in [0.05, 0.1) is 0 Å². The Bertz CT molecular complexity index is 562. The lowest BCUT2D eigenvalue weighted by molar-refractivity contribution is 0.867. The van der Waals surface area contributed by atoms with Gasteiger partial charge in [0, 0.05) is 0 Å². The Balaban J connectivity index is 0.00000102. The first-order chi connectivity index (χ1) is 10.5. The summed E-state index contributed by atoms with van der Waals surface area (Å²) in [5.41, 5.74) is 8.22. The molecule has 122 valence electrons. The molecule has 0 unspecified atom stereocenters. The maximum atomic E-state index is 2.32. The van der Waals surface area contributed by atoms with Crippen molar-refractivity contribution in [2.24, 2.45) is 0 Å². The maximum absolute atomic E-state index is 2.32. The number of benzene rings is 2. The average molecular weight is 299 g/mol. The Morgan fingerprint density at radius 3 is 1.55 bits per heavy atom. The molecule has 0 N–H and O–H groups in total. The fourth-order valence-electron chi connectivity index (χ4n) is 2.52. The Morgan fingerprint density at radius 2 is 1.09 bits per heavy atom. The van der Waals surface area contributed by atoms with E-state index in [9.17, 15) is 0 Å². The fourth-order valence-corrected chi connectivity index (χ4v) is 2.52. The van der Waals surface area contributed by atoms with E-state index in [1.165, 1.54) is 33.4 Å². The van der Waals surface area contributed by atoms with Crippen LogP contribution in [0.15, 0.2) is 36.4 Å². The molecule has 0 nitrogen and oxygen atoms in total. The van der Waals surface area contributed by atoms with Crippen LogP contribution in [0.25, 0.3) is 11.1 Å². The van der Waals surface area contributed by atoms with E-state index in [1.54, 1.807) is 0 Å². The van der Waals surface area contributed by atoms with Gasteiger partial charge in [-0.1, -0.05) is 89.1 Å². The molecule has 0 aliphatic heterocycles. The predicted octanol–water partition coefficient (Wildman–Crippen LogP) is 7.45. The number of aryl methyl sites for hydroxylation is 3. The summed E-state index contributed by atoms with van der Waals surface area (Å²) in [5.74, 6) is 0.556. The van der Waals surface area contributed by atoms with E-state index >= 15 is 0 Å². The number of rotatable bonds is 2. The second kappa shape index (κ2) is 10.2. The summed E-state index contributed by atoms with van der Waals surface area (Å²) in [4.78, 5) is 0. The molecule has 0 heterocycles. The van der Waals surface area contributed by atoms with Gasteiger partial charge >= 0.3 is 0 Å². The monoisotopic (exact) mass is 298 g/mol. The highest BCUT2D eigenvalue weighted by Gasteiger charge is 2.10. The normalized spacial score (nSPS) is 9.55. The molecule has 0 spiro atoms. The average Bonchev–Trinajstić information content (AvgIpc) is 2.52. The fraction of sp³-hybridized carbons (Fsp3) is 0.455. The molecule has 0 fully saturated rings. The van der Waals surface area contributed by atoms with E-state index in [2.05, 4.69) is 71.0 Å². The van der Waals surface area contributed by atoms with Crippen LogP contribution in [-0.4, -0.2) is 0 Å². The molecule has 0 saturated heterocycles. The summed E-state index contributed by atoms with van der Waals surface area (Å²) in [6.07, 6.45) is 0. The molecule has 0 bridgehead atoms. The first-order valence-electron chi connectivity index (χ1n) is 8.67. The van der Waals surface area contributed by atoms with Crippen LogP contribution in [0.4, 0.5) is 0 Å². The van der Waals surface area contributed by atoms with E-state index < -0.39 is 0 Å². The number of hydrogen-bond donors (Lipinski definition) is 0. The molecule has 2 aromatic rings. The van der Waals surface area contributed by atoms with Gasteiger partial charge in [-0.05, 0) is 48.9 Å². The highest BCUT2D eigenvalue weighted by molar-refractivity contribution is 5.71. The third-order valence-electron chi connectivity index (χ3n) is 3.50. The van der Waals surface area contributed by atoms with Crippen molar-refractivity contribution in [3.05, 3.63) is 58.7 Å². The standard InChI is InChI=1S/C18H22.2C2H6/c1-12(2)18-11-14(4)7-9-17(18)16-8-6-13(3)10-15(16)5;2*1-2/h6-12H,1-5H3;2*1-2H3. The summed E-state index contributed by atoms with van der Waals surface area (Å²) in [6.45, 7) is 19.0. The van der Waals surface area contributed by atoms with E-state index in [1.807, 2.05) is 27.7 Å². The van der Waals surface area contributed by atoms with E-state index in [0.29, 0.717) is 5.92 Å². The molecule has 2 rings (SSSR count). The van der Waals surface area contributed by atoms with Crippen LogP contribution in [0.3, 0.4) is 0 Å². The van der Waals surface area contributed by atoms with Crippen molar-refractivity contribution in [2.75, 3.05) is 0 Å². The largest absolute Gasteiger partial charge is 0.0683 e. The molecule has 0 aliphatic rings. The molecule has 0 radical (unpaired) electrons. The van der Waals surface area contributed by atoms with E-state index in [0.717, 1.165) is 0 Å². The third kappa shape index (κ3) is 5.33. The Morgan fingerprint density at radius 1 is 0.636 bits per heavy atom. The van der Waals surface area contributed by atoms with Gasteiger partial charge in [-0.3, -0.25) is 0 Å². The topological polar surface area (TPSA) is 0 Å². The van der Waals surface area contributed by atoms with Crippen LogP contribution in [0.5, 0.6) is 0 Å². The van der Waals surface area contributed by atoms with Crippen molar-refractivity contribution in [3.8, 4) is 11.1 Å². The van der Waals surface area contributed by atoms with Crippen LogP contribution in [0.1, 0.15) is 69.7 Å². The zero-order chi connectivity index (χ0) is 17.3. The number of hydrogen-bond acceptors (Lipinski definition) is 0. The van der Waals surface area contributed by atoms with E-state index in [4.69, 9.17) is 0 Å². The van der Waals surface area contributed by atoms with Crippen LogP contribution in [0.2, 0.25) is 0 Å². The van der Waals surface area contributed by atoms with Gasteiger partial charge in [0.25, 0.3) is 0 Å². The Labute approximate surface area is 138 Å². The predicted molar refractivity (Wildman–Crippen MR) is 103 cm³/mol.